The van der Waals surface area contributed by atoms with Crippen LogP contribution in [0.1, 0.15) is 23.2 Å². The van der Waals surface area contributed by atoms with Gasteiger partial charge in [0.25, 0.3) is 5.91 Å². The van der Waals surface area contributed by atoms with Gasteiger partial charge in [0, 0.05) is 29.3 Å². The summed E-state index contributed by atoms with van der Waals surface area (Å²) in [5.74, 6) is 0.793. The number of benzene rings is 2. The first-order chi connectivity index (χ1) is 13.1. The van der Waals surface area contributed by atoms with Crippen molar-refractivity contribution < 1.29 is 19.2 Å². The minimum absolute atomic E-state index is 0.0206. The van der Waals surface area contributed by atoms with E-state index in [1.807, 2.05) is 24.3 Å². The fraction of sp³-hybridized carbons (Fsp3) is 0.333. The summed E-state index contributed by atoms with van der Waals surface area (Å²) in [5.41, 5.74) is 1.39. The molecule has 1 heterocycles. The number of carbonyl (C=O) groups is 2. The van der Waals surface area contributed by atoms with Crippen LogP contribution >= 0.6 is 11.6 Å². The molecule has 0 atom stereocenters. The van der Waals surface area contributed by atoms with E-state index in [1.165, 1.54) is 4.90 Å². The van der Waals surface area contributed by atoms with E-state index in [-0.39, 0.29) is 17.6 Å². The number of quaternary nitrogens is 1. The topological polar surface area (TPSA) is 59.8 Å². The molecule has 27 heavy (non-hydrogen) atoms. The maximum atomic E-state index is 12.6. The Morgan fingerprint density at radius 3 is 2.44 bits per heavy atom. The van der Waals surface area contributed by atoms with Crippen LogP contribution < -0.4 is 15.0 Å². The van der Waals surface area contributed by atoms with E-state index in [1.54, 1.807) is 31.4 Å². The zero-order valence-corrected chi connectivity index (χ0v) is 16.1. The quantitative estimate of drug-likeness (QED) is 0.748. The molecule has 2 aromatic carbocycles. The van der Waals surface area contributed by atoms with E-state index in [0.29, 0.717) is 28.6 Å². The smallest absolute Gasteiger partial charge is 0.279 e. The first kappa shape index (κ1) is 19.4. The van der Waals surface area contributed by atoms with Crippen molar-refractivity contribution in [2.75, 3.05) is 32.1 Å². The highest BCUT2D eigenvalue weighted by atomic mass is 35.5. The van der Waals surface area contributed by atoms with Crippen LogP contribution in [-0.2, 0) is 4.79 Å². The lowest BCUT2D eigenvalue weighted by molar-refractivity contribution is -0.897. The number of anilines is 1. The van der Waals surface area contributed by atoms with Crippen molar-refractivity contribution in [2.45, 2.75) is 12.8 Å². The maximum absolute atomic E-state index is 12.6. The van der Waals surface area contributed by atoms with Gasteiger partial charge < -0.3 is 15.0 Å². The van der Waals surface area contributed by atoms with Crippen molar-refractivity contribution in [1.82, 2.24) is 0 Å². The van der Waals surface area contributed by atoms with Gasteiger partial charge in [0.1, 0.15) is 5.75 Å². The van der Waals surface area contributed by atoms with Gasteiger partial charge in [-0.15, -0.1) is 0 Å². The molecule has 142 valence electrons. The summed E-state index contributed by atoms with van der Waals surface area (Å²) in [5, 5.41) is 3.54. The Hall–Kier alpha value is -2.37. The van der Waals surface area contributed by atoms with Crippen LogP contribution in [0.25, 0.3) is 0 Å². The fourth-order valence-corrected chi connectivity index (χ4v) is 3.61. The molecule has 1 aliphatic heterocycles. The average Bonchev–Trinajstić information content (AvgIpc) is 2.69. The van der Waals surface area contributed by atoms with E-state index in [4.69, 9.17) is 16.3 Å². The summed E-state index contributed by atoms with van der Waals surface area (Å²) in [4.78, 5) is 26.2. The SMILES string of the molecule is COc1ccccc1NC(=O)C[NH+]1CCC(C(=O)c2ccc(Cl)cc2)CC1. The molecule has 0 unspecified atom stereocenters. The highest BCUT2D eigenvalue weighted by Gasteiger charge is 2.29. The molecule has 1 saturated heterocycles. The van der Waals surface area contributed by atoms with Gasteiger partial charge in [0.15, 0.2) is 12.3 Å². The number of halogens is 1. The molecule has 1 fully saturated rings. The van der Waals surface area contributed by atoms with Crippen molar-refractivity contribution in [1.29, 1.82) is 0 Å². The lowest BCUT2D eigenvalue weighted by Crippen LogP contribution is -3.14. The molecule has 2 N–H and O–H groups in total. The maximum Gasteiger partial charge on any atom is 0.279 e. The van der Waals surface area contributed by atoms with Crippen LogP contribution in [0.4, 0.5) is 5.69 Å². The third kappa shape index (κ3) is 5.08. The fourth-order valence-electron chi connectivity index (χ4n) is 3.48. The Labute approximate surface area is 164 Å². The number of amides is 1. The van der Waals surface area contributed by atoms with Crippen LogP contribution in [0.15, 0.2) is 48.5 Å². The lowest BCUT2D eigenvalue weighted by atomic mass is 9.89. The largest absolute Gasteiger partial charge is 0.495 e. The van der Waals surface area contributed by atoms with E-state index in [2.05, 4.69) is 5.32 Å². The summed E-state index contributed by atoms with van der Waals surface area (Å²) in [7, 11) is 1.58. The van der Waals surface area contributed by atoms with Crippen molar-refractivity contribution in [3.63, 3.8) is 0 Å². The first-order valence-electron chi connectivity index (χ1n) is 9.13. The number of methoxy groups -OCH3 is 1. The number of hydrogen-bond acceptors (Lipinski definition) is 3. The van der Waals surface area contributed by atoms with Crippen LogP contribution in [0.5, 0.6) is 5.75 Å². The Bertz CT molecular complexity index is 799. The van der Waals surface area contributed by atoms with Crippen molar-refractivity contribution in [3.8, 4) is 5.75 Å². The monoisotopic (exact) mass is 387 g/mol. The van der Waals surface area contributed by atoms with Crippen LogP contribution in [-0.4, -0.2) is 38.4 Å². The van der Waals surface area contributed by atoms with Gasteiger partial charge in [0.05, 0.1) is 25.9 Å². The minimum Gasteiger partial charge on any atom is -0.495 e. The second-order valence-corrected chi connectivity index (χ2v) is 7.26. The van der Waals surface area contributed by atoms with Crippen molar-refractivity contribution in [2.24, 2.45) is 5.92 Å². The molecule has 5 nitrogen and oxygen atoms in total. The standard InChI is InChI=1S/C21H23ClN2O3/c1-27-19-5-3-2-4-18(19)23-20(25)14-24-12-10-16(11-13-24)21(26)15-6-8-17(22)9-7-15/h2-9,16H,10-14H2,1H3,(H,23,25)/p+1. The molecule has 6 heteroatoms. The molecule has 2 aromatic rings. The van der Waals surface area contributed by atoms with E-state index >= 15 is 0 Å². The molecular weight excluding hydrogens is 364 g/mol. The Morgan fingerprint density at radius 1 is 1.11 bits per heavy atom. The minimum atomic E-state index is -0.0445. The number of hydrogen-bond donors (Lipinski definition) is 2. The summed E-state index contributed by atoms with van der Waals surface area (Å²) in [6, 6.07) is 14.4. The third-order valence-electron chi connectivity index (χ3n) is 4.98. The number of likely N-dealkylation sites (tertiary alicyclic amines) is 1. The Balaban J connectivity index is 1.49. The number of ketones is 1. The number of rotatable bonds is 6. The second-order valence-electron chi connectivity index (χ2n) is 6.82. The summed E-state index contributed by atoms with van der Waals surface area (Å²) < 4.78 is 5.26. The van der Waals surface area contributed by atoms with Gasteiger partial charge in [-0.25, -0.2) is 0 Å². The Kier molecular flexibility index (Phi) is 6.48. The van der Waals surface area contributed by atoms with Crippen LogP contribution in [0.2, 0.25) is 5.02 Å². The van der Waals surface area contributed by atoms with Gasteiger partial charge in [0.2, 0.25) is 0 Å². The number of carbonyl (C=O) groups excluding carboxylic acids is 2. The van der Waals surface area contributed by atoms with Gasteiger partial charge in [-0.05, 0) is 36.4 Å². The number of piperidine rings is 1. The molecule has 0 saturated carbocycles. The van der Waals surface area contributed by atoms with Gasteiger partial charge in [-0.2, -0.15) is 0 Å². The highest BCUT2D eigenvalue weighted by Crippen LogP contribution is 2.22. The summed E-state index contributed by atoms with van der Waals surface area (Å²) in [6.45, 7) is 2.01. The average molecular weight is 388 g/mol. The van der Waals surface area contributed by atoms with E-state index in [0.717, 1.165) is 25.9 Å². The van der Waals surface area contributed by atoms with Gasteiger partial charge >= 0.3 is 0 Å². The molecule has 0 radical (unpaired) electrons. The van der Waals surface area contributed by atoms with Crippen molar-refractivity contribution >= 4 is 29.0 Å². The lowest BCUT2D eigenvalue weighted by Gasteiger charge is -2.28. The predicted octanol–water partition coefficient (Wildman–Crippen LogP) is 2.46. The molecule has 0 bridgehead atoms. The molecule has 1 amide bonds. The van der Waals surface area contributed by atoms with Crippen LogP contribution in [0, 0.1) is 5.92 Å². The highest BCUT2D eigenvalue weighted by molar-refractivity contribution is 6.30. The zero-order valence-electron chi connectivity index (χ0n) is 15.3. The molecule has 1 aliphatic rings. The number of ether oxygens (including phenoxy) is 1. The van der Waals surface area contributed by atoms with Gasteiger partial charge in [-0.3, -0.25) is 9.59 Å². The van der Waals surface area contributed by atoms with Gasteiger partial charge in [-0.1, -0.05) is 23.7 Å². The molecule has 3 rings (SSSR count). The zero-order chi connectivity index (χ0) is 19.2. The number of para-hydroxylation sites is 2. The van der Waals surface area contributed by atoms with E-state index < -0.39 is 0 Å². The number of nitrogens with one attached hydrogen (secondary N) is 2. The normalized spacial score (nSPS) is 19.3. The predicted molar refractivity (Wildman–Crippen MR) is 106 cm³/mol. The summed E-state index contributed by atoms with van der Waals surface area (Å²) in [6.07, 6.45) is 1.58. The second kappa shape index (κ2) is 9.02. The Morgan fingerprint density at radius 2 is 1.78 bits per heavy atom. The molecule has 0 spiro atoms. The molecule has 0 aromatic heterocycles. The first-order valence-corrected chi connectivity index (χ1v) is 9.51. The molecular formula is C21H24ClN2O3+. The van der Waals surface area contributed by atoms with Crippen LogP contribution in [0.3, 0.4) is 0 Å². The molecule has 0 aliphatic carbocycles. The number of Topliss-reactive ketones (excluding diaryl/α,β-unsaturated/α-hetero) is 1. The van der Waals surface area contributed by atoms with Crippen molar-refractivity contribution in [3.05, 3.63) is 59.1 Å². The van der Waals surface area contributed by atoms with E-state index in [9.17, 15) is 9.59 Å². The third-order valence-corrected chi connectivity index (χ3v) is 5.24. The summed E-state index contributed by atoms with van der Waals surface area (Å²) >= 11 is 5.89.